The Labute approximate surface area is 162 Å². The molecule has 0 saturated carbocycles. The van der Waals surface area contributed by atoms with E-state index in [1.54, 1.807) is 41.3 Å². The number of rotatable bonds is 3. The average Bonchev–Trinajstić information content (AvgIpc) is 2.93. The van der Waals surface area contributed by atoms with Crippen molar-refractivity contribution >= 4 is 33.0 Å². The van der Waals surface area contributed by atoms with Gasteiger partial charge in [0.1, 0.15) is 5.82 Å². The molecule has 2 atom stereocenters. The van der Waals surface area contributed by atoms with Crippen LogP contribution in [0.4, 0.5) is 10.1 Å². The maximum absolute atomic E-state index is 13.1. The average molecular weight is 409 g/mol. The molecule has 4 rings (SSSR count). The highest BCUT2D eigenvalue weighted by molar-refractivity contribution is 7.91. The summed E-state index contributed by atoms with van der Waals surface area (Å²) in [6.07, 6.45) is 0. The van der Waals surface area contributed by atoms with Crippen LogP contribution in [0.25, 0.3) is 0 Å². The number of hydrogen-bond acceptors (Lipinski definition) is 4. The molecular weight excluding hydrogens is 391 g/mol. The Kier molecular flexibility index (Phi) is 4.70. The molecular formula is C19H18ClFN2O3S. The fourth-order valence-corrected chi connectivity index (χ4v) is 6.00. The van der Waals surface area contributed by atoms with E-state index in [0.29, 0.717) is 17.3 Å². The van der Waals surface area contributed by atoms with Crippen LogP contribution in [0.5, 0.6) is 0 Å². The van der Waals surface area contributed by atoms with E-state index in [2.05, 4.69) is 0 Å². The van der Waals surface area contributed by atoms with Gasteiger partial charge in [-0.05, 0) is 42.0 Å². The van der Waals surface area contributed by atoms with Crippen molar-refractivity contribution in [2.75, 3.05) is 23.0 Å². The number of hydrogen-bond donors (Lipinski definition) is 0. The van der Waals surface area contributed by atoms with Crippen LogP contribution in [0.3, 0.4) is 0 Å². The Morgan fingerprint density at radius 1 is 1.00 bits per heavy atom. The van der Waals surface area contributed by atoms with Gasteiger partial charge < -0.3 is 4.90 Å². The molecule has 0 aromatic heterocycles. The van der Waals surface area contributed by atoms with E-state index in [4.69, 9.17) is 11.6 Å². The number of carbonyl (C=O) groups is 1. The van der Waals surface area contributed by atoms with E-state index >= 15 is 0 Å². The van der Waals surface area contributed by atoms with Crippen molar-refractivity contribution < 1.29 is 17.6 Å². The smallest absolute Gasteiger partial charge is 0.241 e. The largest absolute Gasteiger partial charge is 0.306 e. The number of nitrogens with zero attached hydrogens (tertiary/aromatic N) is 2. The quantitative estimate of drug-likeness (QED) is 0.783. The standard InChI is InChI=1S/C19H18ClFN2O3S/c20-14-3-7-16(8-4-14)23-18-12-27(25,26)11-17(18)22(10-19(23)24)9-13-1-5-15(21)6-2-13/h1-8,17-18H,9-12H2/t17-,18-/m0/s1. The summed E-state index contributed by atoms with van der Waals surface area (Å²) in [5.41, 5.74) is 1.49. The minimum atomic E-state index is -3.25. The molecule has 0 bridgehead atoms. The summed E-state index contributed by atoms with van der Waals surface area (Å²) < 4.78 is 37.8. The van der Waals surface area contributed by atoms with Crippen LogP contribution in [0.15, 0.2) is 48.5 Å². The summed E-state index contributed by atoms with van der Waals surface area (Å²) in [6.45, 7) is 0.508. The van der Waals surface area contributed by atoms with Gasteiger partial charge in [-0.2, -0.15) is 0 Å². The summed E-state index contributed by atoms with van der Waals surface area (Å²) in [5, 5.41) is 0.553. The fourth-order valence-electron chi connectivity index (χ4n) is 3.89. The number of carbonyl (C=O) groups excluding carboxylic acids is 1. The van der Waals surface area contributed by atoms with Crippen LogP contribution in [0, 0.1) is 5.82 Å². The monoisotopic (exact) mass is 408 g/mol. The molecule has 2 aromatic rings. The second-order valence-corrected chi connectivity index (χ2v) is 9.57. The zero-order valence-electron chi connectivity index (χ0n) is 14.4. The number of amides is 1. The summed E-state index contributed by atoms with van der Waals surface area (Å²) in [7, 11) is -3.25. The van der Waals surface area contributed by atoms with Crippen LogP contribution in [0.1, 0.15) is 5.56 Å². The van der Waals surface area contributed by atoms with Crippen molar-refractivity contribution in [1.29, 1.82) is 0 Å². The molecule has 5 nitrogen and oxygen atoms in total. The second-order valence-electron chi connectivity index (χ2n) is 6.98. The van der Waals surface area contributed by atoms with Crippen LogP contribution in [0.2, 0.25) is 5.02 Å². The van der Waals surface area contributed by atoms with E-state index in [0.717, 1.165) is 5.56 Å². The Bertz CT molecular complexity index is 963. The van der Waals surface area contributed by atoms with Crippen molar-refractivity contribution in [3.63, 3.8) is 0 Å². The van der Waals surface area contributed by atoms with Crippen molar-refractivity contribution in [2.45, 2.75) is 18.6 Å². The molecule has 2 fully saturated rings. The fraction of sp³-hybridized carbons (Fsp3) is 0.316. The third kappa shape index (κ3) is 3.72. The first kappa shape index (κ1) is 18.4. The molecule has 1 amide bonds. The lowest BCUT2D eigenvalue weighted by atomic mass is 10.0. The number of piperazine rings is 1. The van der Waals surface area contributed by atoms with Crippen molar-refractivity contribution in [1.82, 2.24) is 4.90 Å². The molecule has 2 aliphatic heterocycles. The molecule has 0 aliphatic carbocycles. The van der Waals surface area contributed by atoms with Gasteiger partial charge in [0.15, 0.2) is 9.84 Å². The molecule has 0 unspecified atom stereocenters. The van der Waals surface area contributed by atoms with Gasteiger partial charge in [0.2, 0.25) is 5.91 Å². The van der Waals surface area contributed by atoms with Gasteiger partial charge in [-0.3, -0.25) is 9.69 Å². The lowest BCUT2D eigenvalue weighted by Gasteiger charge is -2.43. The summed E-state index contributed by atoms with van der Waals surface area (Å²) in [4.78, 5) is 16.4. The van der Waals surface area contributed by atoms with E-state index in [-0.39, 0.29) is 35.8 Å². The minimum Gasteiger partial charge on any atom is -0.306 e. The van der Waals surface area contributed by atoms with Crippen LogP contribution in [-0.4, -0.2) is 49.4 Å². The van der Waals surface area contributed by atoms with Gasteiger partial charge in [0.05, 0.1) is 24.1 Å². The first-order valence-electron chi connectivity index (χ1n) is 8.59. The number of benzene rings is 2. The predicted molar refractivity (Wildman–Crippen MR) is 102 cm³/mol. The zero-order valence-corrected chi connectivity index (χ0v) is 16.0. The molecule has 0 N–H and O–H groups in total. The molecule has 0 radical (unpaired) electrons. The normalized spacial score (nSPS) is 24.8. The molecule has 0 spiro atoms. The highest BCUT2D eigenvalue weighted by Crippen LogP contribution is 2.33. The zero-order chi connectivity index (χ0) is 19.2. The van der Waals surface area contributed by atoms with E-state index in [1.807, 2.05) is 4.90 Å². The molecule has 2 aliphatic rings. The van der Waals surface area contributed by atoms with Gasteiger partial charge in [-0.25, -0.2) is 12.8 Å². The van der Waals surface area contributed by atoms with Gasteiger partial charge >= 0.3 is 0 Å². The van der Waals surface area contributed by atoms with E-state index in [9.17, 15) is 17.6 Å². The van der Waals surface area contributed by atoms with Crippen LogP contribution in [-0.2, 0) is 21.2 Å². The first-order chi connectivity index (χ1) is 12.8. The van der Waals surface area contributed by atoms with Crippen molar-refractivity contribution in [2.24, 2.45) is 0 Å². The molecule has 142 valence electrons. The molecule has 8 heteroatoms. The number of sulfone groups is 1. The lowest BCUT2D eigenvalue weighted by molar-refractivity contribution is -0.123. The highest BCUT2D eigenvalue weighted by Gasteiger charge is 2.49. The number of fused-ring (bicyclic) bond motifs is 1. The summed E-state index contributed by atoms with van der Waals surface area (Å²) in [5.74, 6) is -0.538. The van der Waals surface area contributed by atoms with Gasteiger partial charge in [-0.1, -0.05) is 23.7 Å². The third-order valence-electron chi connectivity index (χ3n) is 5.10. The summed E-state index contributed by atoms with van der Waals surface area (Å²) >= 11 is 5.93. The molecule has 2 aromatic carbocycles. The maximum Gasteiger partial charge on any atom is 0.241 e. The van der Waals surface area contributed by atoms with Crippen molar-refractivity contribution in [3.05, 3.63) is 64.9 Å². The first-order valence-corrected chi connectivity index (χ1v) is 10.8. The van der Waals surface area contributed by atoms with Crippen LogP contribution < -0.4 is 4.90 Å². The van der Waals surface area contributed by atoms with E-state index < -0.39 is 15.9 Å². The lowest BCUT2D eigenvalue weighted by Crippen LogP contribution is -2.61. The Morgan fingerprint density at radius 2 is 1.63 bits per heavy atom. The minimum absolute atomic E-state index is 0.0101. The van der Waals surface area contributed by atoms with Crippen molar-refractivity contribution in [3.8, 4) is 0 Å². The van der Waals surface area contributed by atoms with E-state index in [1.165, 1.54) is 12.1 Å². The van der Waals surface area contributed by atoms with Crippen LogP contribution >= 0.6 is 11.6 Å². The number of anilines is 1. The molecule has 27 heavy (non-hydrogen) atoms. The SMILES string of the molecule is O=C1CN(Cc2ccc(F)cc2)[C@H]2CS(=O)(=O)C[C@@H]2N1c1ccc(Cl)cc1. The maximum atomic E-state index is 13.1. The predicted octanol–water partition coefficient (Wildman–Crippen LogP) is 2.49. The topological polar surface area (TPSA) is 57.7 Å². The Balaban J connectivity index is 1.65. The Hall–Kier alpha value is -1.96. The molecule has 2 heterocycles. The highest BCUT2D eigenvalue weighted by atomic mass is 35.5. The second kappa shape index (κ2) is 6.89. The molecule has 2 saturated heterocycles. The van der Waals surface area contributed by atoms with Gasteiger partial charge in [-0.15, -0.1) is 0 Å². The summed E-state index contributed by atoms with van der Waals surface area (Å²) in [6, 6.07) is 12.1. The number of halogens is 2. The van der Waals surface area contributed by atoms with Gasteiger partial charge in [0, 0.05) is 23.3 Å². The Morgan fingerprint density at radius 3 is 2.30 bits per heavy atom. The van der Waals surface area contributed by atoms with Gasteiger partial charge in [0.25, 0.3) is 0 Å². The third-order valence-corrected chi connectivity index (χ3v) is 7.06.